The van der Waals surface area contributed by atoms with E-state index in [-0.39, 0.29) is 16.7 Å². The highest BCUT2D eigenvalue weighted by Crippen LogP contribution is 2.28. The van der Waals surface area contributed by atoms with Crippen LogP contribution >= 0.6 is 0 Å². The van der Waals surface area contributed by atoms with E-state index < -0.39 is 10.0 Å². The fourth-order valence-electron chi connectivity index (χ4n) is 2.94. The zero-order valence-corrected chi connectivity index (χ0v) is 13.9. The predicted molar refractivity (Wildman–Crippen MR) is 85.6 cm³/mol. The minimum Gasteiger partial charge on any atom is -0.359 e. The molecule has 1 amide bonds. The number of amides is 1. The van der Waals surface area contributed by atoms with Gasteiger partial charge in [-0.25, -0.2) is 0 Å². The molecule has 1 aliphatic rings. The van der Waals surface area contributed by atoms with Crippen LogP contribution in [0.2, 0.25) is 0 Å². The van der Waals surface area contributed by atoms with E-state index in [0.29, 0.717) is 25.0 Å². The number of fused-ring (bicyclic) bond motifs is 1. The van der Waals surface area contributed by atoms with Gasteiger partial charge in [-0.1, -0.05) is 17.7 Å². The summed E-state index contributed by atoms with van der Waals surface area (Å²) in [5, 5.41) is 6.73. The Morgan fingerprint density at radius 3 is 2.65 bits per heavy atom. The van der Waals surface area contributed by atoms with Crippen molar-refractivity contribution in [3.63, 3.8) is 0 Å². The Bertz CT molecular complexity index is 838. The maximum Gasteiger partial charge on any atom is 0.283 e. The van der Waals surface area contributed by atoms with Crippen molar-refractivity contribution >= 4 is 15.9 Å². The molecule has 1 N–H and O–H groups in total. The van der Waals surface area contributed by atoms with Gasteiger partial charge in [0.2, 0.25) is 5.91 Å². The first-order valence-corrected chi connectivity index (χ1v) is 8.97. The standard InChI is InChI=1S/C16H19N3O3S/c1-11-3-6-14(7-4-11)23(21,22)19-15-8-5-12(16(20)17-2)9-13(15)10-18-19/h3-4,6-7,10,12H,5,8-9H2,1-2H3,(H,17,20). The van der Waals surface area contributed by atoms with Crippen LogP contribution in [0.3, 0.4) is 0 Å². The lowest BCUT2D eigenvalue weighted by molar-refractivity contribution is -0.124. The van der Waals surface area contributed by atoms with E-state index in [1.807, 2.05) is 6.92 Å². The Hall–Kier alpha value is -2.15. The summed E-state index contributed by atoms with van der Waals surface area (Å²) in [5.74, 6) is -0.128. The van der Waals surface area contributed by atoms with Gasteiger partial charge in [0.25, 0.3) is 10.0 Å². The third-order valence-electron chi connectivity index (χ3n) is 4.28. The Balaban J connectivity index is 1.96. The fraction of sp³-hybridized carbons (Fsp3) is 0.375. The Kier molecular flexibility index (Phi) is 3.97. The van der Waals surface area contributed by atoms with Crippen LogP contribution in [0.1, 0.15) is 23.2 Å². The van der Waals surface area contributed by atoms with E-state index >= 15 is 0 Å². The van der Waals surface area contributed by atoms with Crippen LogP contribution in [0, 0.1) is 12.8 Å². The highest BCUT2D eigenvalue weighted by atomic mass is 32.2. The molecule has 0 spiro atoms. The largest absolute Gasteiger partial charge is 0.359 e. The first kappa shape index (κ1) is 15.7. The number of nitrogens with zero attached hydrogens (tertiary/aromatic N) is 2. The van der Waals surface area contributed by atoms with E-state index in [2.05, 4.69) is 10.4 Å². The molecule has 6 nitrogen and oxygen atoms in total. The first-order chi connectivity index (χ1) is 10.9. The lowest BCUT2D eigenvalue weighted by atomic mass is 9.87. The van der Waals surface area contributed by atoms with Crippen molar-refractivity contribution in [1.29, 1.82) is 0 Å². The van der Waals surface area contributed by atoms with Crippen LogP contribution in [-0.2, 0) is 27.7 Å². The first-order valence-electron chi connectivity index (χ1n) is 7.53. The zero-order valence-electron chi connectivity index (χ0n) is 13.1. The van der Waals surface area contributed by atoms with Crippen molar-refractivity contribution in [3.05, 3.63) is 47.3 Å². The lowest BCUT2D eigenvalue weighted by Gasteiger charge is -2.21. The van der Waals surface area contributed by atoms with Gasteiger partial charge in [-0.3, -0.25) is 4.79 Å². The number of hydrogen-bond donors (Lipinski definition) is 1. The molecule has 0 fully saturated rings. The van der Waals surface area contributed by atoms with E-state index in [4.69, 9.17) is 0 Å². The van der Waals surface area contributed by atoms with Crippen LogP contribution in [0.15, 0.2) is 35.4 Å². The number of hydrogen-bond acceptors (Lipinski definition) is 4. The van der Waals surface area contributed by atoms with Crippen LogP contribution in [-0.4, -0.2) is 30.6 Å². The average Bonchev–Trinajstić information content (AvgIpc) is 2.98. The van der Waals surface area contributed by atoms with Crippen molar-refractivity contribution in [2.75, 3.05) is 7.05 Å². The molecule has 0 saturated carbocycles. The van der Waals surface area contributed by atoms with Crippen LogP contribution < -0.4 is 5.32 Å². The molecule has 0 radical (unpaired) electrons. The molecule has 1 atom stereocenters. The molecule has 0 saturated heterocycles. The number of benzene rings is 1. The molecular weight excluding hydrogens is 314 g/mol. The lowest BCUT2D eigenvalue weighted by Crippen LogP contribution is -2.32. The minimum atomic E-state index is -3.69. The molecule has 0 aliphatic heterocycles. The summed E-state index contributed by atoms with van der Waals surface area (Å²) in [5.41, 5.74) is 2.52. The fourth-order valence-corrected chi connectivity index (χ4v) is 4.29. The molecule has 1 unspecified atom stereocenters. The predicted octanol–water partition coefficient (Wildman–Crippen LogP) is 1.28. The summed E-state index contributed by atoms with van der Waals surface area (Å²) in [6, 6.07) is 6.72. The second-order valence-corrected chi connectivity index (χ2v) is 7.60. The molecule has 23 heavy (non-hydrogen) atoms. The van der Waals surface area contributed by atoms with Gasteiger partial charge in [0, 0.05) is 13.0 Å². The van der Waals surface area contributed by atoms with Gasteiger partial charge in [-0.2, -0.15) is 17.6 Å². The summed E-state index contributed by atoms with van der Waals surface area (Å²) >= 11 is 0. The molecule has 1 aromatic carbocycles. The molecule has 2 aromatic rings. The molecule has 1 aromatic heterocycles. The molecule has 3 rings (SSSR count). The Labute approximate surface area is 135 Å². The highest BCUT2D eigenvalue weighted by Gasteiger charge is 2.30. The molecule has 122 valence electrons. The monoisotopic (exact) mass is 333 g/mol. The van der Waals surface area contributed by atoms with Gasteiger partial charge < -0.3 is 5.32 Å². The molecular formula is C16H19N3O3S. The number of aryl methyl sites for hydroxylation is 1. The maximum atomic E-state index is 12.8. The summed E-state index contributed by atoms with van der Waals surface area (Å²) < 4.78 is 26.7. The minimum absolute atomic E-state index is 0.00945. The Morgan fingerprint density at radius 2 is 2.00 bits per heavy atom. The third-order valence-corrected chi connectivity index (χ3v) is 5.92. The summed E-state index contributed by atoms with van der Waals surface area (Å²) in [6.07, 6.45) is 3.24. The van der Waals surface area contributed by atoms with E-state index in [1.165, 1.54) is 0 Å². The Morgan fingerprint density at radius 1 is 1.30 bits per heavy atom. The normalized spacial score (nSPS) is 17.6. The van der Waals surface area contributed by atoms with Crippen LogP contribution in [0.4, 0.5) is 0 Å². The van der Waals surface area contributed by atoms with E-state index in [1.54, 1.807) is 37.5 Å². The quantitative estimate of drug-likeness (QED) is 0.917. The summed E-state index contributed by atoms with van der Waals surface area (Å²) in [4.78, 5) is 12.0. The number of nitrogens with one attached hydrogen (secondary N) is 1. The summed E-state index contributed by atoms with van der Waals surface area (Å²) in [7, 11) is -2.08. The molecule has 1 heterocycles. The number of rotatable bonds is 3. The second kappa shape index (κ2) is 5.81. The van der Waals surface area contributed by atoms with Crippen LogP contribution in [0.5, 0.6) is 0 Å². The number of aromatic nitrogens is 2. The van der Waals surface area contributed by atoms with Gasteiger partial charge in [0.15, 0.2) is 0 Å². The van der Waals surface area contributed by atoms with Gasteiger partial charge in [-0.05, 0) is 43.9 Å². The van der Waals surface area contributed by atoms with Crippen molar-refractivity contribution in [1.82, 2.24) is 14.5 Å². The zero-order chi connectivity index (χ0) is 16.6. The van der Waals surface area contributed by atoms with Crippen molar-refractivity contribution in [2.45, 2.75) is 31.1 Å². The average molecular weight is 333 g/mol. The second-order valence-electron chi connectivity index (χ2n) is 5.83. The number of carbonyl (C=O) groups excluding carboxylic acids is 1. The van der Waals surface area contributed by atoms with Crippen molar-refractivity contribution in [3.8, 4) is 0 Å². The van der Waals surface area contributed by atoms with Crippen LogP contribution in [0.25, 0.3) is 0 Å². The molecule has 1 aliphatic carbocycles. The van der Waals surface area contributed by atoms with Gasteiger partial charge in [-0.15, -0.1) is 0 Å². The van der Waals surface area contributed by atoms with E-state index in [0.717, 1.165) is 15.2 Å². The molecule has 7 heteroatoms. The SMILES string of the molecule is CNC(=O)C1CCc2c(cnn2S(=O)(=O)c2ccc(C)cc2)C1. The highest BCUT2D eigenvalue weighted by molar-refractivity contribution is 7.89. The smallest absolute Gasteiger partial charge is 0.283 e. The summed E-state index contributed by atoms with van der Waals surface area (Å²) in [6.45, 7) is 1.91. The molecule has 0 bridgehead atoms. The number of carbonyl (C=O) groups is 1. The topological polar surface area (TPSA) is 81.1 Å². The third kappa shape index (κ3) is 2.76. The van der Waals surface area contributed by atoms with Crippen molar-refractivity contribution in [2.24, 2.45) is 5.92 Å². The van der Waals surface area contributed by atoms with Gasteiger partial charge in [0.1, 0.15) is 0 Å². The van der Waals surface area contributed by atoms with Gasteiger partial charge >= 0.3 is 0 Å². The van der Waals surface area contributed by atoms with Gasteiger partial charge in [0.05, 0.1) is 16.8 Å². The maximum absolute atomic E-state index is 12.8. The van der Waals surface area contributed by atoms with E-state index in [9.17, 15) is 13.2 Å². The van der Waals surface area contributed by atoms with Crippen molar-refractivity contribution < 1.29 is 13.2 Å².